The lowest BCUT2D eigenvalue weighted by Gasteiger charge is -2.23. The van der Waals surface area contributed by atoms with Gasteiger partial charge in [-0.2, -0.15) is 0 Å². The second kappa shape index (κ2) is 19.3. The van der Waals surface area contributed by atoms with Crippen LogP contribution >= 0.6 is 0 Å². The molecule has 0 radical (unpaired) electrons. The third-order valence-electron chi connectivity index (χ3n) is 3.33. The highest BCUT2D eigenvalue weighted by Gasteiger charge is 2.29. The average Bonchev–Trinajstić information content (AvgIpc) is 2.79. The van der Waals surface area contributed by atoms with E-state index in [4.69, 9.17) is 62.5 Å². The molecule has 0 fully saturated rings. The summed E-state index contributed by atoms with van der Waals surface area (Å²) in [5, 5.41) is 86.0. The number of aliphatic hydroxyl groups excluding tert-OH is 8. The molecule has 0 aliphatic rings. The molecule has 0 amide bonds. The predicted octanol–water partition coefficient (Wildman–Crippen LogP) is -7.11. The third kappa shape index (κ3) is 16.3. The Morgan fingerprint density at radius 1 is 0.625 bits per heavy atom. The minimum absolute atomic E-state index is 0.248. The maximum absolute atomic E-state index is 10.0. The highest BCUT2D eigenvalue weighted by molar-refractivity contribution is 5.89. The molecule has 0 bridgehead atoms. The van der Waals surface area contributed by atoms with Gasteiger partial charge in [0.25, 0.3) is 0 Å². The number of carbonyl (C=O) groups is 4. The second-order valence-electron chi connectivity index (χ2n) is 5.90. The molecule has 0 spiro atoms. The molecule has 16 nitrogen and oxygen atoms in total. The number of carboxylic acid groups (broad SMARTS) is 2. The number of aldehydes is 2. The molecule has 0 rings (SSSR count). The normalized spacial score (nSPS) is 18.2. The van der Waals surface area contributed by atoms with Crippen LogP contribution in [0.1, 0.15) is 0 Å². The van der Waals surface area contributed by atoms with E-state index in [1.54, 1.807) is 0 Å². The Morgan fingerprint density at radius 3 is 1.03 bits per heavy atom. The Kier molecular flexibility index (Phi) is 20.7. The smallest absolute Gasteiger partial charge is 0.328 e. The van der Waals surface area contributed by atoms with Crippen LogP contribution in [-0.4, -0.2) is 137 Å². The van der Waals surface area contributed by atoms with Crippen LogP contribution in [0.5, 0.6) is 0 Å². The molecule has 8 atom stereocenters. The molecule has 0 aromatic rings. The summed E-state index contributed by atoms with van der Waals surface area (Å²) in [5.74, 6) is -2.51. The lowest BCUT2D eigenvalue weighted by Crippen LogP contribution is -2.49. The van der Waals surface area contributed by atoms with Gasteiger partial charge in [-0.3, -0.25) is 0 Å². The molecule has 0 aliphatic carbocycles. The van der Waals surface area contributed by atoms with Crippen LogP contribution in [-0.2, 0) is 19.2 Å². The third-order valence-corrected chi connectivity index (χ3v) is 3.33. The van der Waals surface area contributed by atoms with Crippen LogP contribution in [0.25, 0.3) is 0 Å². The standard InChI is InChI=1S/2C6H13NO5.C4H4O4/c2*7-3(1-8)5(11)6(12)4(10)2-9;5-3(6)1-2-4(7)8/h2*1,3-6,9-12H,2,7H2;1-2H,(H,5,6)(H,7,8)/b;;2-1+/t2*3-,4+,5+,6+;/m00./s1. The SMILES string of the molecule is N[C@@H](C=O)[C@@H](O)[C@H](O)[C@H](O)CO.N[C@@H](C=O)[C@@H](O)[C@H](O)[C@H](O)CO.O=C(O)/C=C/C(=O)O. The predicted molar refractivity (Wildman–Crippen MR) is 103 cm³/mol. The van der Waals surface area contributed by atoms with Gasteiger partial charge in [0.2, 0.25) is 0 Å². The number of rotatable bonds is 12. The number of nitrogens with two attached hydrogens (primary N) is 2. The van der Waals surface area contributed by atoms with E-state index in [1.807, 2.05) is 0 Å². The minimum atomic E-state index is -1.62. The monoisotopic (exact) mass is 474 g/mol. The van der Waals surface area contributed by atoms with Gasteiger partial charge in [-0.05, 0) is 0 Å². The van der Waals surface area contributed by atoms with Crippen LogP contribution in [0.15, 0.2) is 12.2 Å². The fourth-order valence-electron chi connectivity index (χ4n) is 1.43. The van der Waals surface area contributed by atoms with Crippen molar-refractivity contribution >= 4 is 24.5 Å². The number of carbonyl (C=O) groups excluding carboxylic acids is 2. The van der Waals surface area contributed by atoms with E-state index in [9.17, 15) is 19.2 Å². The number of hydrogen-bond donors (Lipinski definition) is 12. The van der Waals surface area contributed by atoms with Gasteiger partial charge in [-0.25, -0.2) is 9.59 Å². The van der Waals surface area contributed by atoms with Crippen molar-refractivity contribution in [3.63, 3.8) is 0 Å². The first-order valence-corrected chi connectivity index (χ1v) is 8.57. The number of carboxylic acids is 2. The summed E-state index contributed by atoms with van der Waals surface area (Å²) in [6.07, 6.45) is -7.74. The second-order valence-corrected chi connectivity index (χ2v) is 5.90. The maximum Gasteiger partial charge on any atom is 0.328 e. The van der Waals surface area contributed by atoms with Crippen molar-refractivity contribution in [3.05, 3.63) is 12.2 Å². The van der Waals surface area contributed by atoms with Crippen molar-refractivity contribution in [3.8, 4) is 0 Å². The van der Waals surface area contributed by atoms with E-state index in [-0.39, 0.29) is 12.6 Å². The van der Waals surface area contributed by atoms with Crippen molar-refractivity contribution < 1.29 is 70.2 Å². The zero-order valence-electron chi connectivity index (χ0n) is 16.6. The Labute approximate surface area is 181 Å². The zero-order valence-corrected chi connectivity index (χ0v) is 16.6. The summed E-state index contributed by atoms with van der Waals surface area (Å²) >= 11 is 0. The van der Waals surface area contributed by atoms with E-state index in [2.05, 4.69) is 0 Å². The number of aliphatic carboxylic acids is 2. The van der Waals surface area contributed by atoms with Crippen molar-refractivity contribution in [2.24, 2.45) is 11.5 Å². The molecular weight excluding hydrogens is 444 g/mol. The van der Waals surface area contributed by atoms with Crippen LogP contribution in [0, 0.1) is 0 Å². The van der Waals surface area contributed by atoms with Gasteiger partial charge in [-0.15, -0.1) is 0 Å². The lowest BCUT2D eigenvalue weighted by atomic mass is 10.0. The summed E-state index contributed by atoms with van der Waals surface area (Å²) in [5.41, 5.74) is 10.1. The molecule has 0 saturated carbocycles. The molecule has 32 heavy (non-hydrogen) atoms. The Bertz CT molecular complexity index is 527. The molecule has 0 unspecified atom stereocenters. The largest absolute Gasteiger partial charge is 0.478 e. The first-order valence-electron chi connectivity index (χ1n) is 8.57. The van der Waals surface area contributed by atoms with E-state index in [0.29, 0.717) is 12.2 Å². The molecule has 0 aliphatic heterocycles. The lowest BCUT2D eigenvalue weighted by molar-refractivity contribution is -0.134. The van der Waals surface area contributed by atoms with Gasteiger partial charge in [0.05, 0.1) is 25.3 Å². The van der Waals surface area contributed by atoms with Crippen molar-refractivity contribution in [2.45, 2.75) is 48.7 Å². The van der Waals surface area contributed by atoms with E-state index in [1.165, 1.54) is 0 Å². The summed E-state index contributed by atoms with van der Waals surface area (Å²) in [6.45, 7) is -1.41. The van der Waals surface area contributed by atoms with Crippen LogP contribution in [0.4, 0.5) is 0 Å². The summed E-state index contributed by atoms with van der Waals surface area (Å²) in [4.78, 5) is 39.2. The molecule has 0 aromatic carbocycles. The molecule has 16 heteroatoms. The Morgan fingerprint density at radius 2 is 0.875 bits per heavy atom. The fraction of sp³-hybridized carbons (Fsp3) is 0.625. The molecule has 0 aromatic heterocycles. The molecular formula is C16H30N2O14. The fourth-order valence-corrected chi connectivity index (χ4v) is 1.43. The molecule has 0 saturated heterocycles. The maximum atomic E-state index is 10.0. The van der Waals surface area contributed by atoms with Crippen molar-refractivity contribution in [2.75, 3.05) is 13.2 Å². The van der Waals surface area contributed by atoms with Gasteiger partial charge >= 0.3 is 11.9 Å². The van der Waals surface area contributed by atoms with Gasteiger partial charge < -0.3 is 72.1 Å². The Balaban J connectivity index is -0.000000404. The Hall–Kier alpha value is -2.38. The van der Waals surface area contributed by atoms with Crippen LogP contribution in [0.3, 0.4) is 0 Å². The van der Waals surface area contributed by atoms with Crippen LogP contribution < -0.4 is 11.5 Å². The first-order chi connectivity index (χ1) is 14.7. The topological polar surface area (TPSA) is 323 Å². The van der Waals surface area contributed by atoms with E-state index in [0.717, 1.165) is 0 Å². The van der Waals surface area contributed by atoms with Gasteiger partial charge in [0.1, 0.15) is 49.2 Å². The average molecular weight is 474 g/mol. The number of aliphatic hydroxyl groups is 8. The molecule has 0 heterocycles. The first kappa shape index (κ1) is 34.2. The summed E-state index contributed by atoms with van der Waals surface area (Å²) in [6, 6.07) is -2.53. The number of hydrogen-bond acceptors (Lipinski definition) is 14. The van der Waals surface area contributed by atoms with Gasteiger partial charge in [0, 0.05) is 12.2 Å². The molecule has 188 valence electrons. The zero-order chi connectivity index (χ0) is 26.0. The molecule has 14 N–H and O–H groups in total. The minimum Gasteiger partial charge on any atom is -0.478 e. The van der Waals surface area contributed by atoms with Crippen LogP contribution in [0.2, 0.25) is 0 Å². The van der Waals surface area contributed by atoms with E-state index >= 15 is 0 Å². The quantitative estimate of drug-likeness (QED) is 0.0922. The van der Waals surface area contributed by atoms with Crippen molar-refractivity contribution in [1.82, 2.24) is 0 Å². The van der Waals surface area contributed by atoms with Crippen molar-refractivity contribution in [1.29, 1.82) is 0 Å². The highest BCUT2D eigenvalue weighted by atomic mass is 16.4. The van der Waals surface area contributed by atoms with Gasteiger partial charge in [-0.1, -0.05) is 0 Å². The van der Waals surface area contributed by atoms with Gasteiger partial charge in [0.15, 0.2) is 0 Å². The summed E-state index contributed by atoms with van der Waals surface area (Å²) in [7, 11) is 0. The van der Waals surface area contributed by atoms with E-state index < -0.39 is 73.9 Å². The summed E-state index contributed by atoms with van der Waals surface area (Å²) < 4.78 is 0. The highest BCUT2D eigenvalue weighted by Crippen LogP contribution is 2.02.